The quantitative estimate of drug-likeness (QED) is 0.700. The van der Waals surface area contributed by atoms with Crippen LogP contribution in [0.4, 0.5) is 10.3 Å². The summed E-state index contributed by atoms with van der Waals surface area (Å²) in [7, 11) is -3.17. The Labute approximate surface area is 188 Å². The number of nitrogens with zero attached hydrogens (tertiary/aromatic N) is 4. The van der Waals surface area contributed by atoms with Crippen LogP contribution in [0, 0.1) is 11.7 Å². The number of piperidine rings is 2. The van der Waals surface area contributed by atoms with Crippen molar-refractivity contribution in [3.8, 4) is 5.75 Å². The zero-order chi connectivity index (χ0) is 22.8. The highest BCUT2D eigenvalue weighted by Crippen LogP contribution is 2.32. The Bertz CT molecular complexity index is 1000. The molecule has 2 N–H and O–H groups in total. The van der Waals surface area contributed by atoms with E-state index in [4.69, 9.17) is 10.5 Å². The Morgan fingerprint density at radius 1 is 1.09 bits per heavy atom. The number of benzene rings is 1. The van der Waals surface area contributed by atoms with Gasteiger partial charge in [0.15, 0.2) is 5.82 Å². The van der Waals surface area contributed by atoms with Gasteiger partial charge in [-0.15, -0.1) is 0 Å². The standard InChI is InChI=1S/C22H30FN5O3S/c1-32(29,30)28-12-8-22(24,9-13-28)18-2-4-20(5-3-18)31-16-17-6-10-27(11-7-17)21-25-14-19(23)15-26-21/h2-5,14-15,17H,6-13,16,24H2,1H3. The number of nitrogens with two attached hydrogens (primary N) is 1. The van der Waals surface area contributed by atoms with Gasteiger partial charge < -0.3 is 15.4 Å². The number of anilines is 1. The Morgan fingerprint density at radius 2 is 1.69 bits per heavy atom. The van der Waals surface area contributed by atoms with Gasteiger partial charge in [0.05, 0.1) is 25.3 Å². The average molecular weight is 464 g/mol. The molecule has 2 fully saturated rings. The van der Waals surface area contributed by atoms with E-state index in [2.05, 4.69) is 14.9 Å². The first-order valence-corrected chi connectivity index (χ1v) is 12.8. The molecule has 1 aromatic heterocycles. The monoisotopic (exact) mass is 463 g/mol. The van der Waals surface area contributed by atoms with Crippen LogP contribution in [0.5, 0.6) is 5.75 Å². The van der Waals surface area contributed by atoms with Crippen LogP contribution in [0.2, 0.25) is 0 Å². The SMILES string of the molecule is CS(=O)(=O)N1CCC(N)(c2ccc(OCC3CCN(c4ncc(F)cn4)CC3)cc2)CC1. The first-order chi connectivity index (χ1) is 15.2. The van der Waals surface area contributed by atoms with Gasteiger partial charge in [-0.3, -0.25) is 0 Å². The zero-order valence-corrected chi connectivity index (χ0v) is 19.1. The van der Waals surface area contributed by atoms with Crippen molar-refractivity contribution in [3.05, 3.63) is 48.0 Å². The van der Waals surface area contributed by atoms with Gasteiger partial charge >= 0.3 is 0 Å². The zero-order valence-electron chi connectivity index (χ0n) is 18.3. The van der Waals surface area contributed by atoms with Gasteiger partial charge in [0.25, 0.3) is 0 Å². The number of hydrogen-bond donors (Lipinski definition) is 1. The average Bonchev–Trinajstić information content (AvgIpc) is 2.79. The summed E-state index contributed by atoms with van der Waals surface area (Å²) < 4.78 is 44.0. The molecule has 0 amide bonds. The third kappa shape index (κ3) is 5.36. The maximum absolute atomic E-state index is 13.0. The molecule has 0 radical (unpaired) electrons. The van der Waals surface area contributed by atoms with Crippen LogP contribution in [-0.4, -0.2) is 61.7 Å². The fourth-order valence-electron chi connectivity index (χ4n) is 4.37. The molecule has 2 aliphatic rings. The third-order valence-electron chi connectivity index (χ3n) is 6.50. The van der Waals surface area contributed by atoms with Crippen molar-refractivity contribution in [1.29, 1.82) is 0 Å². The molecule has 2 aliphatic heterocycles. The summed E-state index contributed by atoms with van der Waals surface area (Å²) in [5.74, 6) is 1.38. The van der Waals surface area contributed by atoms with E-state index in [1.165, 1.54) is 23.0 Å². The fraction of sp³-hybridized carbons (Fsp3) is 0.545. The lowest BCUT2D eigenvalue weighted by molar-refractivity contribution is 0.221. The highest BCUT2D eigenvalue weighted by molar-refractivity contribution is 7.88. The maximum Gasteiger partial charge on any atom is 0.225 e. The first kappa shape index (κ1) is 22.9. The molecular weight excluding hydrogens is 433 g/mol. The molecule has 2 aromatic rings. The number of ether oxygens (including phenoxy) is 1. The Balaban J connectivity index is 1.25. The Kier molecular flexibility index (Phi) is 6.64. The minimum atomic E-state index is -3.17. The lowest BCUT2D eigenvalue weighted by Gasteiger charge is -2.38. The van der Waals surface area contributed by atoms with Crippen LogP contribution < -0.4 is 15.4 Å². The van der Waals surface area contributed by atoms with E-state index < -0.39 is 21.4 Å². The molecule has 1 aromatic carbocycles. The van der Waals surface area contributed by atoms with Crippen LogP contribution in [-0.2, 0) is 15.6 Å². The normalized spacial score (nSPS) is 20.3. The Morgan fingerprint density at radius 3 is 2.25 bits per heavy atom. The summed E-state index contributed by atoms with van der Waals surface area (Å²) in [6, 6.07) is 7.85. The summed E-state index contributed by atoms with van der Waals surface area (Å²) in [6.45, 7) is 3.15. The van der Waals surface area contributed by atoms with Crippen LogP contribution in [0.15, 0.2) is 36.7 Å². The second-order valence-corrected chi connectivity index (χ2v) is 10.8. The van der Waals surface area contributed by atoms with E-state index in [1.54, 1.807) is 0 Å². The minimum Gasteiger partial charge on any atom is -0.493 e. The predicted molar refractivity (Wildman–Crippen MR) is 120 cm³/mol. The third-order valence-corrected chi connectivity index (χ3v) is 7.81. The second-order valence-electron chi connectivity index (χ2n) is 8.79. The van der Waals surface area contributed by atoms with Gasteiger partial charge in [-0.25, -0.2) is 27.1 Å². The molecule has 0 atom stereocenters. The van der Waals surface area contributed by atoms with Gasteiger partial charge in [0.1, 0.15) is 5.75 Å². The molecule has 10 heteroatoms. The van der Waals surface area contributed by atoms with Gasteiger partial charge in [-0.1, -0.05) is 12.1 Å². The lowest BCUT2D eigenvalue weighted by Crippen LogP contribution is -2.49. The van der Waals surface area contributed by atoms with E-state index >= 15 is 0 Å². The van der Waals surface area contributed by atoms with Crippen LogP contribution in [0.25, 0.3) is 0 Å². The van der Waals surface area contributed by atoms with Crippen molar-refractivity contribution in [2.24, 2.45) is 11.7 Å². The molecule has 8 nitrogen and oxygen atoms in total. The van der Waals surface area contributed by atoms with Crippen LogP contribution in [0.3, 0.4) is 0 Å². The van der Waals surface area contributed by atoms with E-state index in [-0.39, 0.29) is 0 Å². The molecule has 32 heavy (non-hydrogen) atoms. The molecule has 0 unspecified atom stereocenters. The number of rotatable bonds is 6. The molecule has 3 heterocycles. The van der Waals surface area contributed by atoms with Gasteiger partial charge in [-0.05, 0) is 49.3 Å². The van der Waals surface area contributed by atoms with E-state index in [0.29, 0.717) is 44.4 Å². The van der Waals surface area contributed by atoms with Gasteiger partial charge in [-0.2, -0.15) is 0 Å². The van der Waals surface area contributed by atoms with E-state index in [0.717, 1.165) is 37.2 Å². The molecule has 174 valence electrons. The van der Waals surface area contributed by atoms with Crippen molar-refractivity contribution in [2.75, 3.05) is 43.9 Å². The highest BCUT2D eigenvalue weighted by Gasteiger charge is 2.35. The molecule has 4 rings (SSSR count). The maximum atomic E-state index is 13.0. The molecule has 2 saturated heterocycles. The summed E-state index contributed by atoms with van der Waals surface area (Å²) in [5, 5.41) is 0. The minimum absolute atomic E-state index is 0.428. The van der Waals surface area contributed by atoms with Crippen molar-refractivity contribution >= 4 is 16.0 Å². The van der Waals surface area contributed by atoms with Crippen molar-refractivity contribution in [1.82, 2.24) is 14.3 Å². The van der Waals surface area contributed by atoms with E-state index in [9.17, 15) is 12.8 Å². The number of aromatic nitrogens is 2. The largest absolute Gasteiger partial charge is 0.493 e. The second kappa shape index (κ2) is 9.29. The Hall–Kier alpha value is -2.30. The van der Waals surface area contributed by atoms with Crippen molar-refractivity contribution < 1.29 is 17.5 Å². The lowest BCUT2D eigenvalue weighted by atomic mass is 9.82. The summed E-state index contributed by atoms with van der Waals surface area (Å²) in [4.78, 5) is 10.2. The van der Waals surface area contributed by atoms with Gasteiger partial charge in [0.2, 0.25) is 16.0 Å². The van der Waals surface area contributed by atoms with Crippen LogP contribution in [0.1, 0.15) is 31.2 Å². The number of halogens is 1. The topological polar surface area (TPSA) is 102 Å². The number of hydrogen-bond acceptors (Lipinski definition) is 7. The molecular formula is C22H30FN5O3S. The van der Waals surface area contributed by atoms with E-state index in [1.807, 2.05) is 24.3 Å². The number of sulfonamides is 1. The van der Waals surface area contributed by atoms with Gasteiger partial charge in [0, 0.05) is 31.7 Å². The first-order valence-electron chi connectivity index (χ1n) is 10.9. The summed E-state index contributed by atoms with van der Waals surface area (Å²) in [6.07, 6.45) is 6.74. The molecule has 0 saturated carbocycles. The smallest absolute Gasteiger partial charge is 0.225 e. The summed E-state index contributed by atoms with van der Waals surface area (Å²) in [5.41, 5.74) is 7.08. The van der Waals surface area contributed by atoms with Crippen molar-refractivity contribution in [2.45, 2.75) is 31.2 Å². The molecule has 0 bridgehead atoms. The van der Waals surface area contributed by atoms with Crippen LogP contribution >= 0.6 is 0 Å². The summed E-state index contributed by atoms with van der Waals surface area (Å²) >= 11 is 0. The highest BCUT2D eigenvalue weighted by atomic mass is 32.2. The van der Waals surface area contributed by atoms with Crippen molar-refractivity contribution in [3.63, 3.8) is 0 Å². The molecule has 0 spiro atoms. The molecule has 0 aliphatic carbocycles. The predicted octanol–water partition coefficient (Wildman–Crippen LogP) is 2.12. The fourth-order valence-corrected chi connectivity index (χ4v) is 5.22.